The van der Waals surface area contributed by atoms with Gasteiger partial charge in [-0.05, 0) is 37.8 Å². The number of likely N-dealkylation sites (tertiary alicyclic amines) is 1. The van der Waals surface area contributed by atoms with Gasteiger partial charge in [-0.2, -0.15) is 5.10 Å². The van der Waals surface area contributed by atoms with Gasteiger partial charge in [-0.3, -0.25) is 4.79 Å². The lowest BCUT2D eigenvalue weighted by Gasteiger charge is -2.37. The Morgan fingerprint density at radius 3 is 2.86 bits per heavy atom. The van der Waals surface area contributed by atoms with Crippen LogP contribution in [0.2, 0.25) is 0 Å². The molecule has 1 amide bonds. The van der Waals surface area contributed by atoms with E-state index >= 15 is 0 Å². The lowest BCUT2D eigenvalue weighted by atomic mass is 10.0. The van der Waals surface area contributed by atoms with Crippen molar-refractivity contribution in [1.82, 2.24) is 15.1 Å². The van der Waals surface area contributed by atoms with Gasteiger partial charge in [0, 0.05) is 39.0 Å². The number of hydrogen-bond donors (Lipinski definition) is 0. The maximum atomic E-state index is 12.3. The topological polar surface area (TPSA) is 58.6 Å². The molecule has 2 aliphatic rings. The highest BCUT2D eigenvalue weighted by Gasteiger charge is 2.28. The summed E-state index contributed by atoms with van der Waals surface area (Å²) in [6, 6.07) is 4.30. The van der Waals surface area contributed by atoms with Gasteiger partial charge in [-0.1, -0.05) is 0 Å². The van der Waals surface area contributed by atoms with Gasteiger partial charge in [0.25, 0.3) is 0 Å². The second-order valence-electron chi connectivity index (χ2n) is 6.14. The second-order valence-corrected chi connectivity index (χ2v) is 6.14. The Labute approximate surface area is 131 Å². The molecule has 6 heteroatoms. The van der Waals surface area contributed by atoms with E-state index in [9.17, 15) is 4.79 Å². The summed E-state index contributed by atoms with van der Waals surface area (Å²) >= 11 is 0. The first kappa shape index (κ1) is 15.2. The molecule has 0 radical (unpaired) electrons. The summed E-state index contributed by atoms with van der Waals surface area (Å²) in [5.41, 5.74) is 0. The Balaban J connectivity index is 1.48. The molecule has 2 aliphatic heterocycles. The molecule has 2 fully saturated rings. The van der Waals surface area contributed by atoms with E-state index in [1.807, 2.05) is 17.0 Å². The number of hydrogen-bond acceptors (Lipinski definition) is 5. The molecular weight excluding hydrogens is 280 g/mol. The van der Waals surface area contributed by atoms with E-state index in [0.717, 1.165) is 51.2 Å². The van der Waals surface area contributed by atoms with Crippen LogP contribution < -0.4 is 4.90 Å². The SMILES string of the molecule is CN(c1cccnn1)C1CCN(C(=O)CC2CCCO2)CC1. The molecule has 1 unspecified atom stereocenters. The van der Waals surface area contributed by atoms with Crippen molar-refractivity contribution in [3.05, 3.63) is 18.3 Å². The Morgan fingerprint density at radius 1 is 1.41 bits per heavy atom. The highest BCUT2D eigenvalue weighted by Crippen LogP contribution is 2.22. The Kier molecular flexibility index (Phi) is 4.87. The van der Waals surface area contributed by atoms with Crippen molar-refractivity contribution in [3.8, 4) is 0 Å². The predicted molar refractivity (Wildman–Crippen MR) is 83.6 cm³/mol. The van der Waals surface area contributed by atoms with Gasteiger partial charge in [-0.15, -0.1) is 5.10 Å². The molecule has 0 bridgehead atoms. The van der Waals surface area contributed by atoms with Gasteiger partial charge in [0.1, 0.15) is 0 Å². The van der Waals surface area contributed by atoms with Crippen molar-refractivity contribution >= 4 is 11.7 Å². The first-order chi connectivity index (χ1) is 10.7. The lowest BCUT2D eigenvalue weighted by Crippen LogP contribution is -2.46. The Hall–Kier alpha value is -1.69. The third-order valence-corrected chi connectivity index (χ3v) is 4.71. The van der Waals surface area contributed by atoms with Crippen molar-refractivity contribution in [2.75, 3.05) is 31.6 Å². The van der Waals surface area contributed by atoms with Gasteiger partial charge in [-0.25, -0.2) is 0 Å². The minimum absolute atomic E-state index is 0.146. The van der Waals surface area contributed by atoms with Crippen LogP contribution in [0, 0.1) is 0 Å². The summed E-state index contributed by atoms with van der Waals surface area (Å²) < 4.78 is 5.56. The molecule has 1 aromatic rings. The average Bonchev–Trinajstić information content (AvgIpc) is 3.08. The first-order valence-electron chi connectivity index (χ1n) is 8.14. The number of amides is 1. The number of rotatable bonds is 4. The summed E-state index contributed by atoms with van der Waals surface area (Å²) in [6.45, 7) is 2.45. The van der Waals surface area contributed by atoms with Crippen LogP contribution in [0.5, 0.6) is 0 Å². The van der Waals surface area contributed by atoms with E-state index in [1.54, 1.807) is 6.20 Å². The maximum Gasteiger partial charge on any atom is 0.225 e. The van der Waals surface area contributed by atoms with Crippen LogP contribution in [0.3, 0.4) is 0 Å². The third-order valence-electron chi connectivity index (χ3n) is 4.71. The molecular formula is C16H24N4O2. The summed E-state index contributed by atoms with van der Waals surface area (Å²) in [5.74, 6) is 1.14. The molecule has 3 heterocycles. The standard InChI is InChI=1S/C16H24N4O2/c1-19(15-5-2-8-17-18-15)13-6-9-20(10-7-13)16(21)12-14-4-3-11-22-14/h2,5,8,13-14H,3-4,6-7,9-12H2,1H3. The molecule has 1 aromatic heterocycles. The van der Waals surface area contributed by atoms with Crippen LogP contribution in [0.25, 0.3) is 0 Å². The van der Waals surface area contributed by atoms with Crippen molar-refractivity contribution in [2.45, 2.75) is 44.2 Å². The summed E-state index contributed by atoms with van der Waals surface area (Å²) in [6.07, 6.45) is 6.44. The number of aromatic nitrogens is 2. The normalized spacial score (nSPS) is 22.8. The summed E-state index contributed by atoms with van der Waals surface area (Å²) in [5, 5.41) is 8.09. The van der Waals surface area contributed by atoms with E-state index < -0.39 is 0 Å². The van der Waals surface area contributed by atoms with Crippen molar-refractivity contribution in [2.24, 2.45) is 0 Å². The van der Waals surface area contributed by atoms with E-state index in [0.29, 0.717) is 12.5 Å². The van der Waals surface area contributed by atoms with Gasteiger partial charge in [0.15, 0.2) is 5.82 Å². The minimum Gasteiger partial charge on any atom is -0.378 e. The Morgan fingerprint density at radius 2 is 2.23 bits per heavy atom. The molecule has 3 rings (SSSR count). The lowest BCUT2D eigenvalue weighted by molar-refractivity contribution is -0.134. The highest BCUT2D eigenvalue weighted by molar-refractivity contribution is 5.76. The van der Waals surface area contributed by atoms with Gasteiger partial charge >= 0.3 is 0 Å². The smallest absolute Gasteiger partial charge is 0.225 e. The monoisotopic (exact) mass is 304 g/mol. The fourth-order valence-electron chi connectivity index (χ4n) is 3.30. The average molecular weight is 304 g/mol. The number of carbonyl (C=O) groups excluding carboxylic acids is 1. The first-order valence-corrected chi connectivity index (χ1v) is 8.14. The van der Waals surface area contributed by atoms with E-state index in [2.05, 4.69) is 22.1 Å². The quantitative estimate of drug-likeness (QED) is 0.843. The van der Waals surface area contributed by atoms with Crippen LogP contribution >= 0.6 is 0 Å². The van der Waals surface area contributed by atoms with Gasteiger partial charge < -0.3 is 14.5 Å². The number of piperidine rings is 1. The molecule has 1 atom stereocenters. The van der Waals surface area contributed by atoms with Crippen LogP contribution in [0.15, 0.2) is 18.3 Å². The highest BCUT2D eigenvalue weighted by atomic mass is 16.5. The number of anilines is 1. The van der Waals surface area contributed by atoms with Gasteiger partial charge in [0.2, 0.25) is 5.91 Å². The van der Waals surface area contributed by atoms with Crippen LogP contribution in [0.1, 0.15) is 32.1 Å². The fraction of sp³-hybridized carbons (Fsp3) is 0.688. The molecule has 0 N–H and O–H groups in total. The minimum atomic E-state index is 0.146. The van der Waals surface area contributed by atoms with Crippen molar-refractivity contribution in [1.29, 1.82) is 0 Å². The predicted octanol–water partition coefficient (Wildman–Crippen LogP) is 1.47. The molecule has 120 valence electrons. The second kappa shape index (κ2) is 7.05. The molecule has 0 spiro atoms. The molecule has 2 saturated heterocycles. The zero-order valence-electron chi connectivity index (χ0n) is 13.1. The maximum absolute atomic E-state index is 12.3. The van der Waals surface area contributed by atoms with Crippen LogP contribution in [0.4, 0.5) is 5.82 Å². The van der Waals surface area contributed by atoms with Crippen molar-refractivity contribution in [3.63, 3.8) is 0 Å². The van der Waals surface area contributed by atoms with E-state index in [-0.39, 0.29) is 12.0 Å². The fourth-order valence-corrected chi connectivity index (χ4v) is 3.30. The van der Waals surface area contributed by atoms with E-state index in [4.69, 9.17) is 4.74 Å². The Bertz CT molecular complexity index is 482. The third kappa shape index (κ3) is 3.55. The van der Waals surface area contributed by atoms with Crippen LogP contribution in [-0.4, -0.2) is 59.9 Å². The number of nitrogens with zero attached hydrogens (tertiary/aromatic N) is 4. The zero-order chi connectivity index (χ0) is 15.4. The van der Waals surface area contributed by atoms with Gasteiger partial charge in [0.05, 0.1) is 12.5 Å². The number of ether oxygens (including phenoxy) is 1. The largest absolute Gasteiger partial charge is 0.378 e. The summed E-state index contributed by atoms with van der Waals surface area (Å²) in [7, 11) is 2.05. The van der Waals surface area contributed by atoms with Crippen LogP contribution in [-0.2, 0) is 9.53 Å². The molecule has 0 aromatic carbocycles. The zero-order valence-corrected chi connectivity index (χ0v) is 13.1. The molecule has 0 saturated carbocycles. The van der Waals surface area contributed by atoms with Crippen molar-refractivity contribution < 1.29 is 9.53 Å². The molecule has 22 heavy (non-hydrogen) atoms. The molecule has 0 aliphatic carbocycles. The summed E-state index contributed by atoms with van der Waals surface area (Å²) in [4.78, 5) is 16.5. The molecule has 6 nitrogen and oxygen atoms in total. The number of carbonyl (C=O) groups is 1. The van der Waals surface area contributed by atoms with E-state index in [1.165, 1.54) is 0 Å².